The van der Waals surface area contributed by atoms with Crippen molar-refractivity contribution in [3.05, 3.63) is 88.1 Å². The van der Waals surface area contributed by atoms with E-state index in [2.05, 4.69) is 10.3 Å². The van der Waals surface area contributed by atoms with Gasteiger partial charge in [-0.1, -0.05) is 41.9 Å². The predicted octanol–water partition coefficient (Wildman–Crippen LogP) is 4.92. The number of likely N-dealkylation sites (N-methyl/N-ethyl adjacent to an activating group) is 1. The maximum atomic E-state index is 15.8. The number of carbonyl (C=O) groups is 1. The van der Waals surface area contributed by atoms with Gasteiger partial charge in [-0.15, -0.1) is 0 Å². The van der Waals surface area contributed by atoms with E-state index in [1.807, 2.05) is 30.3 Å². The first-order valence-corrected chi connectivity index (χ1v) is 10.7. The van der Waals surface area contributed by atoms with Gasteiger partial charge >= 0.3 is 0 Å². The van der Waals surface area contributed by atoms with Crippen molar-refractivity contribution in [2.45, 2.75) is 12.0 Å². The number of hydrogen-bond acceptors (Lipinski definition) is 3. The van der Waals surface area contributed by atoms with E-state index in [9.17, 15) is 4.79 Å². The third kappa shape index (κ3) is 3.27. The first-order chi connectivity index (χ1) is 15.9. The first-order valence-electron chi connectivity index (χ1n) is 10.4. The van der Waals surface area contributed by atoms with Gasteiger partial charge in [0, 0.05) is 47.3 Å². The Morgan fingerprint density at radius 3 is 2.67 bits per heavy atom. The van der Waals surface area contributed by atoms with Crippen LogP contribution in [0.3, 0.4) is 0 Å². The molecule has 1 atom stereocenters. The molecule has 0 radical (unpaired) electrons. The lowest BCUT2D eigenvalue weighted by Gasteiger charge is -2.29. The third-order valence-corrected chi connectivity index (χ3v) is 6.49. The number of ether oxygens (including phenoxy) is 1. The van der Waals surface area contributed by atoms with Crippen LogP contribution in [0.1, 0.15) is 21.5 Å². The molecule has 0 bridgehead atoms. The number of nitrogens with two attached hydrogens (primary N) is 1. The van der Waals surface area contributed by atoms with E-state index in [1.165, 1.54) is 12.1 Å². The van der Waals surface area contributed by atoms with Crippen LogP contribution in [-0.2, 0) is 12.0 Å². The molecule has 168 valence electrons. The number of H-pyrrole nitrogens is 1. The van der Waals surface area contributed by atoms with E-state index in [0.717, 1.165) is 5.56 Å². The van der Waals surface area contributed by atoms with Crippen LogP contribution < -0.4 is 15.8 Å². The lowest BCUT2D eigenvalue weighted by atomic mass is 9.85. The van der Waals surface area contributed by atoms with Crippen molar-refractivity contribution in [2.24, 2.45) is 5.73 Å². The van der Waals surface area contributed by atoms with Gasteiger partial charge in [0.15, 0.2) is 11.4 Å². The van der Waals surface area contributed by atoms with Gasteiger partial charge < -0.3 is 20.8 Å². The predicted molar refractivity (Wildman–Crippen MR) is 124 cm³/mol. The molecule has 1 amide bonds. The molecule has 1 aromatic heterocycles. The zero-order valence-corrected chi connectivity index (χ0v) is 18.4. The standard InChI is InChI=1S/C25H20ClF2N3O2/c1-30-12-25(14-5-3-2-4-6-14)11-16-18(33-25)10-17(27)21(26)19(16)20-15(24(29)32)9-13-7-8-31-23(13)22(20)28/h2-10,30-31H,11-12H2,1H3,(H2,29,32)/t25-/m1/s1. The highest BCUT2D eigenvalue weighted by Crippen LogP contribution is 2.50. The average Bonchev–Trinajstić information content (AvgIpc) is 3.41. The van der Waals surface area contributed by atoms with Crippen molar-refractivity contribution in [2.75, 3.05) is 13.6 Å². The molecule has 1 aliphatic rings. The molecule has 1 aliphatic heterocycles. The normalized spacial score (nSPS) is 17.2. The second kappa shape index (κ2) is 7.86. The Kier molecular flexibility index (Phi) is 5.11. The molecule has 0 fully saturated rings. The minimum absolute atomic E-state index is 0.0726. The van der Waals surface area contributed by atoms with E-state index < -0.39 is 23.1 Å². The molecular formula is C25H20ClF2N3O2. The summed E-state index contributed by atoms with van der Waals surface area (Å²) in [7, 11) is 1.79. The van der Waals surface area contributed by atoms with Crippen LogP contribution in [0.4, 0.5) is 8.78 Å². The minimum Gasteiger partial charge on any atom is -0.480 e. The number of halogens is 3. The molecule has 8 heteroatoms. The SMILES string of the molecule is CNC[C@@]1(c2ccccc2)Cc2c(cc(F)c(Cl)c2-c2c(C(N)=O)cc3cc[nH]c3c2F)O1. The van der Waals surface area contributed by atoms with Gasteiger partial charge in [0.05, 0.1) is 16.1 Å². The summed E-state index contributed by atoms with van der Waals surface area (Å²) in [6, 6.07) is 13.8. The quantitative estimate of drug-likeness (QED) is 0.390. The Bertz CT molecular complexity index is 1400. The summed E-state index contributed by atoms with van der Waals surface area (Å²) >= 11 is 6.43. The largest absolute Gasteiger partial charge is 0.480 e. The smallest absolute Gasteiger partial charge is 0.249 e. The van der Waals surface area contributed by atoms with Crippen LogP contribution >= 0.6 is 11.6 Å². The molecule has 0 aliphatic carbocycles. The summed E-state index contributed by atoms with van der Waals surface area (Å²) in [5, 5.41) is 3.31. The van der Waals surface area contributed by atoms with Crippen LogP contribution in [0.5, 0.6) is 5.75 Å². The maximum Gasteiger partial charge on any atom is 0.249 e. The number of hydrogen-bond donors (Lipinski definition) is 3. The van der Waals surface area contributed by atoms with Crippen LogP contribution in [0, 0.1) is 11.6 Å². The molecule has 5 rings (SSSR count). The molecule has 0 saturated carbocycles. The molecule has 0 unspecified atom stereocenters. The first kappa shape index (κ1) is 21.4. The number of carbonyl (C=O) groups excluding carboxylic acids is 1. The minimum atomic E-state index is -0.871. The molecule has 0 saturated heterocycles. The lowest BCUT2D eigenvalue weighted by Crippen LogP contribution is -2.41. The molecule has 3 aromatic carbocycles. The Labute approximate surface area is 193 Å². The molecule has 4 aromatic rings. The van der Waals surface area contributed by atoms with Crippen molar-refractivity contribution in [1.29, 1.82) is 0 Å². The van der Waals surface area contributed by atoms with Gasteiger partial charge in [0.25, 0.3) is 0 Å². The van der Waals surface area contributed by atoms with E-state index in [0.29, 0.717) is 17.5 Å². The van der Waals surface area contributed by atoms with E-state index in [4.69, 9.17) is 22.1 Å². The van der Waals surface area contributed by atoms with Crippen molar-refractivity contribution in [3.8, 4) is 16.9 Å². The highest BCUT2D eigenvalue weighted by Gasteiger charge is 2.43. The van der Waals surface area contributed by atoms with Crippen molar-refractivity contribution >= 4 is 28.4 Å². The Morgan fingerprint density at radius 1 is 1.21 bits per heavy atom. The van der Waals surface area contributed by atoms with Crippen molar-refractivity contribution in [1.82, 2.24) is 10.3 Å². The van der Waals surface area contributed by atoms with Gasteiger partial charge in [0.2, 0.25) is 5.91 Å². The Hall–Kier alpha value is -3.42. The van der Waals surface area contributed by atoms with Crippen LogP contribution in [-0.4, -0.2) is 24.5 Å². The fraction of sp³-hybridized carbons (Fsp3) is 0.160. The fourth-order valence-corrected chi connectivity index (χ4v) is 4.95. The summed E-state index contributed by atoms with van der Waals surface area (Å²) in [6.07, 6.45) is 1.83. The van der Waals surface area contributed by atoms with Crippen molar-refractivity contribution < 1.29 is 18.3 Å². The monoisotopic (exact) mass is 467 g/mol. The van der Waals surface area contributed by atoms with Crippen molar-refractivity contribution in [3.63, 3.8) is 0 Å². The Balaban J connectivity index is 1.80. The number of amides is 1. The summed E-state index contributed by atoms with van der Waals surface area (Å²) in [6.45, 7) is 0.408. The number of aromatic nitrogens is 1. The highest BCUT2D eigenvalue weighted by atomic mass is 35.5. The number of primary amides is 1. The molecule has 4 N–H and O–H groups in total. The molecule has 33 heavy (non-hydrogen) atoms. The second-order valence-corrected chi connectivity index (χ2v) is 8.49. The van der Waals surface area contributed by atoms with Gasteiger partial charge in [0.1, 0.15) is 11.6 Å². The van der Waals surface area contributed by atoms with Crippen LogP contribution in [0.2, 0.25) is 5.02 Å². The van der Waals surface area contributed by atoms with Gasteiger partial charge in [-0.2, -0.15) is 0 Å². The molecule has 0 spiro atoms. The molecular weight excluding hydrogens is 448 g/mol. The summed E-state index contributed by atoms with van der Waals surface area (Å²) in [5.41, 5.74) is 6.14. The number of rotatable bonds is 5. The van der Waals surface area contributed by atoms with E-state index in [1.54, 1.807) is 19.3 Å². The number of fused-ring (bicyclic) bond motifs is 2. The zero-order chi connectivity index (χ0) is 23.3. The van der Waals surface area contributed by atoms with Crippen LogP contribution in [0.15, 0.2) is 54.7 Å². The number of benzene rings is 3. The topological polar surface area (TPSA) is 80.1 Å². The third-order valence-electron chi connectivity index (χ3n) is 6.12. The second-order valence-electron chi connectivity index (χ2n) is 8.11. The molecule has 2 heterocycles. The summed E-state index contributed by atoms with van der Waals surface area (Å²) in [4.78, 5) is 15.2. The number of aromatic amines is 1. The summed E-state index contributed by atoms with van der Waals surface area (Å²) in [5.74, 6) is -2.11. The molecule has 5 nitrogen and oxygen atoms in total. The van der Waals surface area contributed by atoms with E-state index in [-0.39, 0.29) is 39.4 Å². The average molecular weight is 468 g/mol. The van der Waals surface area contributed by atoms with E-state index >= 15 is 8.78 Å². The van der Waals surface area contributed by atoms with Gasteiger partial charge in [-0.25, -0.2) is 8.78 Å². The Morgan fingerprint density at radius 2 is 1.97 bits per heavy atom. The lowest BCUT2D eigenvalue weighted by molar-refractivity contribution is 0.0940. The fourth-order valence-electron chi connectivity index (χ4n) is 4.69. The summed E-state index contributed by atoms with van der Waals surface area (Å²) < 4.78 is 37.1. The van der Waals surface area contributed by atoms with Gasteiger partial charge in [-0.05, 0) is 24.7 Å². The van der Waals surface area contributed by atoms with Gasteiger partial charge in [-0.3, -0.25) is 4.79 Å². The number of nitrogens with one attached hydrogen (secondary N) is 2. The highest BCUT2D eigenvalue weighted by molar-refractivity contribution is 6.34. The maximum absolute atomic E-state index is 15.8. The van der Waals surface area contributed by atoms with Crippen LogP contribution in [0.25, 0.3) is 22.0 Å². The zero-order valence-electron chi connectivity index (χ0n) is 17.6.